The van der Waals surface area contributed by atoms with Gasteiger partial charge in [0.2, 0.25) is 5.91 Å². The first-order valence-electron chi connectivity index (χ1n) is 24.9. The summed E-state index contributed by atoms with van der Waals surface area (Å²) < 4.78 is 67.5. The number of hydrogen-bond acceptors (Lipinski definition) is 19. The van der Waals surface area contributed by atoms with E-state index >= 15 is 0 Å². The van der Waals surface area contributed by atoms with E-state index in [2.05, 4.69) is 15.4 Å². The number of carbonyl (C=O) groups excluding carboxylic acids is 3. The van der Waals surface area contributed by atoms with Crippen molar-refractivity contribution in [3.05, 3.63) is 17.5 Å². The fraction of sp³-hybridized carbons (Fsp3) is 0.812. The topological polar surface area (TPSA) is 243 Å². The highest BCUT2D eigenvalue weighted by molar-refractivity contribution is 6.04. The highest BCUT2D eigenvalue weighted by Crippen LogP contribution is 2.27. The van der Waals surface area contributed by atoms with Gasteiger partial charge < -0.3 is 67.9 Å². The van der Waals surface area contributed by atoms with Gasteiger partial charge in [0.25, 0.3) is 5.91 Å². The summed E-state index contributed by atoms with van der Waals surface area (Å²) in [5, 5.41) is 8.81. The number of nitrogens with two attached hydrogens (primary N) is 1. The van der Waals surface area contributed by atoms with Gasteiger partial charge in [-0.05, 0) is 59.5 Å². The Morgan fingerprint density at radius 3 is 1.51 bits per heavy atom. The maximum Gasteiger partial charge on any atom is 0.308 e. The summed E-state index contributed by atoms with van der Waals surface area (Å²) >= 11 is 0. The molecule has 22 nitrogen and oxygen atoms in total. The zero-order chi connectivity index (χ0) is 50.8. The van der Waals surface area contributed by atoms with Crippen LogP contribution in [0.15, 0.2) is 16.8 Å². The van der Waals surface area contributed by atoms with Crippen LogP contribution in [-0.4, -0.2) is 209 Å². The Kier molecular flexibility index (Phi) is 37.4. The predicted octanol–water partition coefficient (Wildman–Crippen LogP) is 3.44. The van der Waals surface area contributed by atoms with E-state index in [0.29, 0.717) is 189 Å². The van der Waals surface area contributed by atoms with E-state index in [1.807, 2.05) is 45.4 Å². The van der Waals surface area contributed by atoms with E-state index in [1.165, 1.54) is 5.06 Å². The normalized spacial score (nSPS) is 12.6. The fourth-order valence-corrected chi connectivity index (χ4v) is 6.18. The third-order valence-electron chi connectivity index (χ3n) is 9.45. The molecule has 0 saturated carbocycles. The van der Waals surface area contributed by atoms with Crippen LogP contribution in [0.4, 0.5) is 5.69 Å². The van der Waals surface area contributed by atoms with Crippen LogP contribution in [0, 0.1) is 0 Å². The summed E-state index contributed by atoms with van der Waals surface area (Å²) in [6.07, 6.45) is 7.55. The third kappa shape index (κ3) is 33.8. The number of nitrogens with one attached hydrogen (secondary N) is 1. The van der Waals surface area contributed by atoms with Crippen molar-refractivity contribution >= 4 is 35.4 Å². The summed E-state index contributed by atoms with van der Waals surface area (Å²) in [4.78, 5) is 47.1. The maximum atomic E-state index is 13.2. The van der Waals surface area contributed by atoms with Gasteiger partial charge in [-0.1, -0.05) is 6.92 Å². The molecule has 2 rings (SSSR count). The van der Waals surface area contributed by atoms with Gasteiger partial charge in [0, 0.05) is 38.0 Å². The average Bonchev–Trinajstić information content (AvgIpc) is 3.60. The van der Waals surface area contributed by atoms with Crippen LogP contribution in [0.5, 0.6) is 0 Å². The number of hydrogen-bond donors (Lipinski definition) is 2. The van der Waals surface area contributed by atoms with Crippen molar-refractivity contribution in [1.29, 1.82) is 0 Å². The molecule has 0 radical (unpaired) electrons. The number of carbonyl (C=O) groups is 3. The minimum absolute atomic E-state index is 0.0536. The van der Waals surface area contributed by atoms with Gasteiger partial charge in [0.1, 0.15) is 17.1 Å². The summed E-state index contributed by atoms with van der Waals surface area (Å²) in [7, 11) is 0. The molecule has 2 amide bonds. The molecule has 404 valence electrons. The summed E-state index contributed by atoms with van der Waals surface area (Å²) in [6.45, 7) is 21.1. The lowest BCUT2D eigenvalue weighted by Crippen LogP contribution is -2.34. The molecule has 0 aliphatic carbocycles. The van der Waals surface area contributed by atoms with Crippen molar-refractivity contribution in [2.75, 3.05) is 165 Å². The van der Waals surface area contributed by atoms with Gasteiger partial charge >= 0.3 is 5.97 Å². The molecular weight excluding hydrogens is 917 g/mol. The second-order valence-electron chi connectivity index (χ2n) is 16.6. The number of amides is 2. The number of amidine groups is 1. The van der Waals surface area contributed by atoms with Crippen molar-refractivity contribution in [2.45, 2.75) is 91.7 Å². The third-order valence-corrected chi connectivity index (χ3v) is 9.45. The van der Waals surface area contributed by atoms with Crippen LogP contribution in [0.2, 0.25) is 0 Å². The standard InChI is InChI=1S/C48H86N6O16/c1-6-14-54(69-7-2)47(57)41-38-43-42(52-44(49)39-41)40-51-53(43)15-10-8-9-13-50-45(55)11-16-58-18-20-60-22-24-62-26-28-64-30-32-66-34-36-68-37-35-67-33-31-65-29-27-63-25-23-61-21-19-59-17-12-46(56)70-48(3,4)5/h38,40H,6-37,39H2,1-5H3,(H2,49,52)(H,50,55). The molecule has 0 fully saturated rings. The van der Waals surface area contributed by atoms with E-state index in [4.69, 9.17) is 67.4 Å². The van der Waals surface area contributed by atoms with Gasteiger partial charge in [-0.3, -0.25) is 23.9 Å². The van der Waals surface area contributed by atoms with Crippen molar-refractivity contribution in [3.8, 4) is 0 Å². The number of aliphatic imine (C=N–C) groups is 1. The SMILES string of the molecule is CCCN(OCC)C(=O)C1=Cc2c(cnn2CCCCCNC(=O)CCOCCOCCOCCOCCOCCOCCOCCOCCOCCOCCOCCC(=O)OC(C)(C)C)N=C(N)C1. The van der Waals surface area contributed by atoms with Crippen LogP contribution in [0.25, 0.3) is 6.08 Å². The smallest absolute Gasteiger partial charge is 0.308 e. The number of ether oxygens (including phenoxy) is 12. The van der Waals surface area contributed by atoms with Crippen molar-refractivity contribution < 1.29 is 76.1 Å². The molecule has 22 heteroatoms. The lowest BCUT2D eigenvalue weighted by molar-refractivity contribution is -0.180. The van der Waals surface area contributed by atoms with Crippen molar-refractivity contribution in [1.82, 2.24) is 20.2 Å². The number of hydroxylamine groups is 2. The zero-order valence-corrected chi connectivity index (χ0v) is 42.9. The molecule has 0 unspecified atom stereocenters. The number of rotatable bonds is 47. The molecule has 3 N–H and O–H groups in total. The monoisotopic (exact) mass is 1000 g/mol. The zero-order valence-electron chi connectivity index (χ0n) is 42.9. The molecule has 0 spiro atoms. The maximum absolute atomic E-state index is 13.2. The molecule has 1 aromatic heterocycles. The summed E-state index contributed by atoms with van der Waals surface area (Å²) in [5.74, 6) is -0.190. The van der Waals surface area contributed by atoms with E-state index in [1.54, 1.807) is 6.20 Å². The van der Waals surface area contributed by atoms with E-state index < -0.39 is 5.60 Å². The first-order valence-corrected chi connectivity index (χ1v) is 24.9. The first kappa shape index (κ1) is 62.5. The van der Waals surface area contributed by atoms with E-state index in [9.17, 15) is 14.4 Å². The molecule has 0 aromatic carbocycles. The second-order valence-corrected chi connectivity index (χ2v) is 16.6. The Labute approximate surface area is 415 Å². The number of fused-ring (bicyclic) bond motifs is 1. The number of unbranched alkanes of at least 4 members (excludes halogenated alkanes) is 2. The summed E-state index contributed by atoms with van der Waals surface area (Å²) in [6, 6.07) is 0. The Hall–Kier alpha value is -3.65. The van der Waals surface area contributed by atoms with Crippen LogP contribution in [-0.2, 0) is 82.6 Å². The molecule has 70 heavy (non-hydrogen) atoms. The van der Waals surface area contributed by atoms with Gasteiger partial charge in [0.05, 0.1) is 170 Å². The molecular formula is C48H86N6O16. The number of esters is 1. The van der Waals surface area contributed by atoms with Crippen LogP contribution in [0.1, 0.15) is 85.3 Å². The van der Waals surface area contributed by atoms with Gasteiger partial charge in [0.15, 0.2) is 0 Å². The van der Waals surface area contributed by atoms with Gasteiger partial charge in [-0.15, -0.1) is 0 Å². The first-order chi connectivity index (χ1) is 34.0. The lowest BCUT2D eigenvalue weighted by atomic mass is 10.1. The molecule has 1 aromatic rings. The van der Waals surface area contributed by atoms with Crippen molar-refractivity contribution in [2.24, 2.45) is 10.7 Å². The van der Waals surface area contributed by atoms with Crippen LogP contribution in [0.3, 0.4) is 0 Å². The Morgan fingerprint density at radius 1 is 0.643 bits per heavy atom. The molecule has 0 atom stereocenters. The minimum atomic E-state index is -0.485. The van der Waals surface area contributed by atoms with E-state index in [-0.39, 0.29) is 37.0 Å². The molecule has 1 aliphatic rings. The van der Waals surface area contributed by atoms with Gasteiger partial charge in [-0.25, -0.2) is 10.1 Å². The fourth-order valence-electron chi connectivity index (χ4n) is 6.18. The van der Waals surface area contributed by atoms with Gasteiger partial charge in [-0.2, -0.15) is 5.10 Å². The number of aryl methyl sites for hydroxylation is 1. The van der Waals surface area contributed by atoms with Crippen molar-refractivity contribution in [3.63, 3.8) is 0 Å². The molecule has 2 heterocycles. The average molecular weight is 1000 g/mol. The Balaban J connectivity index is 1.26. The number of nitrogens with zero attached hydrogens (tertiary/aromatic N) is 4. The summed E-state index contributed by atoms with van der Waals surface area (Å²) in [5.41, 5.74) is 7.55. The quantitative estimate of drug-likeness (QED) is 0.0540. The Bertz CT molecular complexity index is 1550. The van der Waals surface area contributed by atoms with E-state index in [0.717, 1.165) is 31.4 Å². The highest BCUT2D eigenvalue weighted by atomic mass is 16.7. The second kappa shape index (κ2) is 41.9. The lowest BCUT2D eigenvalue weighted by Gasteiger charge is -2.21. The number of aromatic nitrogens is 2. The van der Waals surface area contributed by atoms with Crippen LogP contribution >= 0.6 is 0 Å². The molecule has 1 aliphatic heterocycles. The van der Waals surface area contributed by atoms with Crippen LogP contribution < -0.4 is 11.1 Å². The molecule has 0 saturated heterocycles. The predicted molar refractivity (Wildman–Crippen MR) is 261 cm³/mol. The largest absolute Gasteiger partial charge is 0.460 e. The molecule has 0 bridgehead atoms. The minimum Gasteiger partial charge on any atom is -0.460 e. The Morgan fingerprint density at radius 2 is 1.09 bits per heavy atom. The highest BCUT2D eigenvalue weighted by Gasteiger charge is 2.24.